The Bertz CT molecular complexity index is 884. The summed E-state index contributed by atoms with van der Waals surface area (Å²) < 4.78 is 40.5. The smallest absolute Gasteiger partial charge is 0.340 e. The van der Waals surface area contributed by atoms with Crippen molar-refractivity contribution in [2.24, 2.45) is 0 Å². The third-order valence-electron chi connectivity index (χ3n) is 4.74. The van der Waals surface area contributed by atoms with E-state index in [1.54, 1.807) is 19.2 Å². The summed E-state index contributed by atoms with van der Waals surface area (Å²) in [5, 5.41) is 0. The van der Waals surface area contributed by atoms with E-state index in [2.05, 4.69) is 4.98 Å². The van der Waals surface area contributed by atoms with Crippen LogP contribution in [0.3, 0.4) is 0 Å². The van der Waals surface area contributed by atoms with Gasteiger partial charge < -0.3 is 4.74 Å². The SMILES string of the molecule is COC(=O)c1c(C(C)C)nc2c(c1-c1ccc(F)cc1)CCS(O)(O)N2C. The van der Waals surface area contributed by atoms with Gasteiger partial charge in [-0.3, -0.25) is 13.4 Å². The predicted molar refractivity (Wildman–Crippen MR) is 105 cm³/mol. The van der Waals surface area contributed by atoms with Crippen molar-refractivity contribution >= 4 is 22.6 Å². The largest absolute Gasteiger partial charge is 0.465 e. The number of halogens is 1. The number of carbonyl (C=O) groups excluding carboxylic acids is 1. The van der Waals surface area contributed by atoms with Crippen molar-refractivity contribution in [3.05, 3.63) is 46.9 Å². The quantitative estimate of drug-likeness (QED) is 0.748. The van der Waals surface area contributed by atoms with Crippen LogP contribution in [0.4, 0.5) is 10.2 Å². The van der Waals surface area contributed by atoms with Crippen molar-refractivity contribution in [3.63, 3.8) is 0 Å². The Morgan fingerprint density at radius 1 is 1.30 bits per heavy atom. The van der Waals surface area contributed by atoms with Crippen molar-refractivity contribution in [1.29, 1.82) is 0 Å². The molecule has 1 aliphatic rings. The van der Waals surface area contributed by atoms with Crippen molar-refractivity contribution in [2.75, 3.05) is 24.2 Å². The van der Waals surface area contributed by atoms with Gasteiger partial charge in [0, 0.05) is 18.2 Å². The van der Waals surface area contributed by atoms with Crippen LogP contribution in [-0.4, -0.2) is 40.0 Å². The molecule has 3 rings (SSSR count). The number of hydrogen-bond donors (Lipinski definition) is 2. The van der Waals surface area contributed by atoms with Crippen LogP contribution in [0, 0.1) is 5.82 Å². The predicted octanol–water partition coefficient (Wildman–Crippen LogP) is 4.46. The molecular weight excluding hydrogens is 371 g/mol. The van der Waals surface area contributed by atoms with E-state index >= 15 is 0 Å². The van der Waals surface area contributed by atoms with Crippen molar-refractivity contribution < 1.29 is 23.0 Å². The van der Waals surface area contributed by atoms with E-state index in [4.69, 9.17) is 4.74 Å². The molecule has 2 heterocycles. The maximum absolute atomic E-state index is 13.5. The van der Waals surface area contributed by atoms with Crippen molar-refractivity contribution in [1.82, 2.24) is 4.98 Å². The number of methoxy groups -OCH3 is 1. The highest BCUT2D eigenvalue weighted by atomic mass is 32.3. The highest BCUT2D eigenvalue weighted by molar-refractivity contribution is 8.25. The summed E-state index contributed by atoms with van der Waals surface area (Å²) in [5.41, 5.74) is 2.83. The molecule has 0 saturated heterocycles. The number of rotatable bonds is 3. The van der Waals surface area contributed by atoms with E-state index in [1.165, 1.54) is 23.5 Å². The maximum Gasteiger partial charge on any atom is 0.340 e. The third kappa shape index (κ3) is 3.40. The minimum absolute atomic E-state index is 0.110. The molecule has 6 nitrogen and oxygen atoms in total. The molecule has 0 bridgehead atoms. The highest BCUT2D eigenvalue weighted by Crippen LogP contribution is 2.52. The van der Waals surface area contributed by atoms with E-state index in [-0.39, 0.29) is 17.5 Å². The molecule has 2 N–H and O–H groups in total. The van der Waals surface area contributed by atoms with Gasteiger partial charge in [-0.05, 0) is 30.0 Å². The van der Waals surface area contributed by atoms with Crippen LogP contribution in [0.15, 0.2) is 24.3 Å². The van der Waals surface area contributed by atoms with Gasteiger partial charge in [0.2, 0.25) is 0 Å². The lowest BCUT2D eigenvalue weighted by Crippen LogP contribution is -2.33. The average molecular weight is 394 g/mol. The number of benzene rings is 1. The molecule has 1 aliphatic heterocycles. The number of carbonyl (C=O) groups is 1. The summed E-state index contributed by atoms with van der Waals surface area (Å²) in [6.45, 7) is 3.80. The summed E-state index contributed by atoms with van der Waals surface area (Å²) in [7, 11) is -0.0783. The Labute approximate surface area is 159 Å². The molecule has 2 aromatic rings. The standard InChI is InChI=1S/C19H23FN2O4S/c1-11(2)17-16(19(23)26-4)15(12-5-7-13(20)8-6-12)14-9-10-27(24,25)22(3)18(14)21-17/h5-8,11,24-25H,9-10H2,1-4H3. The summed E-state index contributed by atoms with van der Waals surface area (Å²) in [6, 6.07) is 5.87. The first-order chi connectivity index (χ1) is 12.7. The number of hydrogen-bond acceptors (Lipinski definition) is 6. The molecule has 146 valence electrons. The van der Waals surface area contributed by atoms with Gasteiger partial charge in [0.15, 0.2) is 5.82 Å². The molecule has 27 heavy (non-hydrogen) atoms. The van der Waals surface area contributed by atoms with Gasteiger partial charge in [0.1, 0.15) is 5.82 Å². The molecule has 1 aromatic heterocycles. The lowest BCUT2D eigenvalue weighted by Gasteiger charge is -2.46. The molecule has 0 spiro atoms. The Morgan fingerprint density at radius 3 is 2.48 bits per heavy atom. The van der Waals surface area contributed by atoms with E-state index in [0.29, 0.717) is 34.6 Å². The van der Waals surface area contributed by atoms with Crippen LogP contribution < -0.4 is 4.31 Å². The molecule has 0 aliphatic carbocycles. The van der Waals surface area contributed by atoms with E-state index in [1.807, 2.05) is 13.8 Å². The summed E-state index contributed by atoms with van der Waals surface area (Å²) in [4.78, 5) is 17.3. The van der Waals surface area contributed by atoms with Gasteiger partial charge >= 0.3 is 5.97 Å². The van der Waals surface area contributed by atoms with Gasteiger partial charge in [0.25, 0.3) is 0 Å². The fourth-order valence-electron chi connectivity index (χ4n) is 3.30. The molecular formula is C19H23FN2O4S. The summed E-state index contributed by atoms with van der Waals surface area (Å²) in [6.07, 6.45) is 0.337. The number of ether oxygens (including phenoxy) is 1. The van der Waals surface area contributed by atoms with Crippen LogP contribution in [-0.2, 0) is 11.2 Å². The number of aromatic nitrogens is 1. The maximum atomic E-state index is 13.5. The lowest BCUT2D eigenvalue weighted by atomic mass is 9.89. The van der Waals surface area contributed by atoms with Crippen LogP contribution in [0.2, 0.25) is 0 Å². The van der Waals surface area contributed by atoms with E-state index in [9.17, 15) is 18.3 Å². The molecule has 0 radical (unpaired) electrons. The minimum atomic E-state index is -2.97. The highest BCUT2D eigenvalue weighted by Gasteiger charge is 2.35. The second-order valence-electron chi connectivity index (χ2n) is 6.79. The number of anilines is 1. The molecule has 0 atom stereocenters. The number of fused-ring (bicyclic) bond motifs is 1. The van der Waals surface area contributed by atoms with Gasteiger partial charge in [-0.2, -0.15) is 0 Å². The Hall–Kier alpha value is -2.16. The normalized spacial score (nSPS) is 16.8. The second-order valence-corrected chi connectivity index (χ2v) is 9.01. The topological polar surface area (TPSA) is 82.9 Å². The van der Waals surface area contributed by atoms with Gasteiger partial charge in [-0.25, -0.2) is 14.2 Å². The third-order valence-corrected chi connectivity index (χ3v) is 6.54. The number of pyridine rings is 1. The molecule has 8 heteroatoms. The van der Waals surface area contributed by atoms with Gasteiger partial charge in [-0.1, -0.05) is 26.0 Å². The fourth-order valence-corrected chi connectivity index (χ4v) is 4.48. The van der Waals surface area contributed by atoms with Crippen LogP contribution in [0.25, 0.3) is 11.1 Å². The van der Waals surface area contributed by atoms with Crippen molar-refractivity contribution in [3.8, 4) is 11.1 Å². The minimum Gasteiger partial charge on any atom is -0.465 e. The molecule has 0 unspecified atom stereocenters. The van der Waals surface area contributed by atoms with E-state index < -0.39 is 16.7 Å². The Balaban J connectivity index is 2.40. The second kappa shape index (κ2) is 7.10. The number of esters is 1. The first-order valence-corrected chi connectivity index (χ1v) is 10.3. The first kappa shape index (κ1) is 19.6. The fraction of sp³-hybridized carbons (Fsp3) is 0.368. The zero-order valence-electron chi connectivity index (χ0n) is 15.7. The molecule has 0 saturated carbocycles. The monoisotopic (exact) mass is 394 g/mol. The van der Waals surface area contributed by atoms with Crippen LogP contribution in [0.5, 0.6) is 0 Å². The van der Waals surface area contributed by atoms with Gasteiger partial charge in [0.05, 0.1) is 24.1 Å². The Kier molecular flexibility index (Phi) is 5.16. The number of nitrogens with zero attached hydrogens (tertiary/aromatic N) is 2. The first-order valence-electron chi connectivity index (χ1n) is 8.58. The van der Waals surface area contributed by atoms with E-state index in [0.717, 1.165) is 5.56 Å². The molecule has 0 amide bonds. The summed E-state index contributed by atoms with van der Waals surface area (Å²) in [5.74, 6) is -0.448. The zero-order valence-corrected chi connectivity index (χ0v) is 16.5. The van der Waals surface area contributed by atoms with Crippen LogP contribution in [0.1, 0.15) is 41.4 Å². The average Bonchev–Trinajstić information content (AvgIpc) is 2.63. The summed E-state index contributed by atoms with van der Waals surface area (Å²) >= 11 is 0. The van der Waals surface area contributed by atoms with Crippen molar-refractivity contribution in [2.45, 2.75) is 26.2 Å². The Morgan fingerprint density at radius 2 is 1.93 bits per heavy atom. The molecule has 0 fully saturated rings. The van der Waals surface area contributed by atoms with Gasteiger partial charge in [-0.15, -0.1) is 10.8 Å². The molecule has 1 aromatic carbocycles. The lowest BCUT2D eigenvalue weighted by molar-refractivity contribution is 0.0599. The van der Waals surface area contributed by atoms with Crippen LogP contribution >= 0.6 is 10.8 Å². The zero-order chi connectivity index (χ0) is 19.9.